The van der Waals surface area contributed by atoms with Crippen molar-refractivity contribution in [1.29, 1.82) is 0 Å². The van der Waals surface area contributed by atoms with Gasteiger partial charge in [0, 0.05) is 6.54 Å². The number of hydrogen-bond acceptors (Lipinski definition) is 2. The Morgan fingerprint density at radius 2 is 2.38 bits per heavy atom. The second-order valence-corrected chi connectivity index (χ2v) is 6.01. The quantitative estimate of drug-likeness (QED) is 0.762. The van der Waals surface area contributed by atoms with Crippen LogP contribution in [-0.2, 0) is 6.54 Å². The van der Waals surface area contributed by atoms with E-state index in [0.29, 0.717) is 0 Å². The standard InChI is InChI=1S/C14H23NS/c1-12-3-2-4-13(9-12)5-7-15-10-14-6-8-16-11-14/h6,8,11-13,15H,2-5,7,9-10H2,1H3. The normalized spacial score (nSPS) is 25.8. The van der Waals surface area contributed by atoms with Gasteiger partial charge in [0.15, 0.2) is 0 Å². The van der Waals surface area contributed by atoms with Crippen LogP contribution in [0.15, 0.2) is 16.8 Å². The van der Waals surface area contributed by atoms with Gasteiger partial charge in [0.05, 0.1) is 0 Å². The van der Waals surface area contributed by atoms with Gasteiger partial charge in [0.1, 0.15) is 0 Å². The van der Waals surface area contributed by atoms with Gasteiger partial charge in [0.25, 0.3) is 0 Å². The van der Waals surface area contributed by atoms with Crippen molar-refractivity contribution in [3.63, 3.8) is 0 Å². The Labute approximate surface area is 103 Å². The van der Waals surface area contributed by atoms with E-state index in [4.69, 9.17) is 0 Å². The van der Waals surface area contributed by atoms with Crippen molar-refractivity contribution in [1.82, 2.24) is 5.32 Å². The molecule has 1 aromatic rings. The largest absolute Gasteiger partial charge is 0.313 e. The maximum atomic E-state index is 3.56. The fourth-order valence-electron chi connectivity index (χ4n) is 2.75. The third-order valence-electron chi connectivity index (χ3n) is 3.68. The van der Waals surface area contributed by atoms with Crippen molar-refractivity contribution in [2.45, 2.75) is 45.6 Å². The topological polar surface area (TPSA) is 12.0 Å². The maximum Gasteiger partial charge on any atom is 0.0213 e. The molecule has 1 aliphatic carbocycles. The molecule has 0 spiro atoms. The minimum atomic E-state index is 0.968. The summed E-state index contributed by atoms with van der Waals surface area (Å²) in [6.07, 6.45) is 7.20. The van der Waals surface area contributed by atoms with E-state index >= 15 is 0 Å². The lowest BCUT2D eigenvalue weighted by Gasteiger charge is -2.26. The second-order valence-electron chi connectivity index (χ2n) is 5.23. The monoisotopic (exact) mass is 237 g/mol. The predicted molar refractivity (Wildman–Crippen MR) is 71.8 cm³/mol. The highest BCUT2D eigenvalue weighted by molar-refractivity contribution is 7.07. The summed E-state index contributed by atoms with van der Waals surface area (Å²) in [5.74, 6) is 1.95. The molecule has 0 radical (unpaired) electrons. The van der Waals surface area contributed by atoms with Crippen molar-refractivity contribution in [3.05, 3.63) is 22.4 Å². The first-order valence-corrected chi connectivity index (χ1v) is 7.50. The smallest absolute Gasteiger partial charge is 0.0213 e. The van der Waals surface area contributed by atoms with E-state index < -0.39 is 0 Å². The molecule has 2 unspecified atom stereocenters. The van der Waals surface area contributed by atoms with Gasteiger partial charge in [-0.25, -0.2) is 0 Å². The maximum absolute atomic E-state index is 3.56. The van der Waals surface area contributed by atoms with E-state index in [-0.39, 0.29) is 0 Å². The van der Waals surface area contributed by atoms with Crippen LogP contribution in [-0.4, -0.2) is 6.54 Å². The third-order valence-corrected chi connectivity index (χ3v) is 4.42. The molecule has 1 aliphatic rings. The molecule has 16 heavy (non-hydrogen) atoms. The van der Waals surface area contributed by atoms with Crippen LogP contribution in [0.25, 0.3) is 0 Å². The molecule has 0 saturated heterocycles. The molecule has 0 aromatic carbocycles. The van der Waals surface area contributed by atoms with Crippen LogP contribution in [0.1, 0.15) is 44.6 Å². The molecule has 0 bridgehead atoms. The van der Waals surface area contributed by atoms with Crippen molar-refractivity contribution >= 4 is 11.3 Å². The molecule has 0 aliphatic heterocycles. The number of rotatable bonds is 5. The van der Waals surface area contributed by atoms with Crippen LogP contribution in [0.5, 0.6) is 0 Å². The number of thiophene rings is 1. The van der Waals surface area contributed by atoms with Crippen LogP contribution < -0.4 is 5.32 Å². The Hall–Kier alpha value is -0.340. The Morgan fingerprint density at radius 1 is 1.44 bits per heavy atom. The van der Waals surface area contributed by atoms with Crippen molar-refractivity contribution in [2.75, 3.05) is 6.54 Å². The summed E-state index contributed by atoms with van der Waals surface area (Å²) >= 11 is 1.79. The first-order chi connectivity index (χ1) is 7.84. The zero-order valence-corrected chi connectivity index (χ0v) is 11.1. The highest BCUT2D eigenvalue weighted by atomic mass is 32.1. The Morgan fingerprint density at radius 3 is 3.12 bits per heavy atom. The second kappa shape index (κ2) is 6.41. The van der Waals surface area contributed by atoms with Crippen LogP contribution in [0.4, 0.5) is 0 Å². The van der Waals surface area contributed by atoms with Gasteiger partial charge < -0.3 is 5.32 Å². The minimum Gasteiger partial charge on any atom is -0.313 e. The summed E-state index contributed by atoms with van der Waals surface area (Å²) in [5, 5.41) is 7.94. The summed E-state index contributed by atoms with van der Waals surface area (Å²) in [5.41, 5.74) is 1.43. The minimum absolute atomic E-state index is 0.968. The Balaban J connectivity index is 1.57. The first-order valence-electron chi connectivity index (χ1n) is 6.56. The van der Waals surface area contributed by atoms with E-state index in [0.717, 1.165) is 18.4 Å². The molecule has 1 saturated carbocycles. The molecular formula is C14H23NS. The zero-order chi connectivity index (χ0) is 11.2. The Bertz CT molecular complexity index is 281. The van der Waals surface area contributed by atoms with E-state index in [1.54, 1.807) is 11.3 Å². The zero-order valence-electron chi connectivity index (χ0n) is 10.2. The average molecular weight is 237 g/mol. The molecule has 1 fully saturated rings. The fourth-order valence-corrected chi connectivity index (χ4v) is 3.42. The number of nitrogens with one attached hydrogen (secondary N) is 1. The average Bonchev–Trinajstić information content (AvgIpc) is 2.77. The molecular weight excluding hydrogens is 214 g/mol. The molecule has 1 heterocycles. The molecule has 2 rings (SSSR count). The van der Waals surface area contributed by atoms with Crippen molar-refractivity contribution < 1.29 is 0 Å². The molecule has 1 nitrogen and oxygen atoms in total. The molecule has 0 amide bonds. The van der Waals surface area contributed by atoms with Gasteiger partial charge in [-0.15, -0.1) is 0 Å². The lowest BCUT2D eigenvalue weighted by atomic mass is 9.81. The Kier molecular flexibility index (Phi) is 4.86. The molecule has 90 valence electrons. The van der Waals surface area contributed by atoms with Gasteiger partial charge in [-0.05, 0) is 53.6 Å². The van der Waals surface area contributed by atoms with Crippen molar-refractivity contribution in [2.24, 2.45) is 11.8 Å². The van der Waals surface area contributed by atoms with Crippen LogP contribution in [0.2, 0.25) is 0 Å². The first kappa shape index (κ1) is 12.1. The molecule has 1 N–H and O–H groups in total. The highest BCUT2D eigenvalue weighted by Crippen LogP contribution is 2.30. The fraction of sp³-hybridized carbons (Fsp3) is 0.714. The summed E-state index contributed by atoms with van der Waals surface area (Å²) < 4.78 is 0. The SMILES string of the molecule is CC1CCCC(CCNCc2ccsc2)C1. The van der Waals surface area contributed by atoms with Gasteiger partial charge in [-0.2, -0.15) is 11.3 Å². The molecule has 1 aromatic heterocycles. The summed E-state index contributed by atoms with van der Waals surface area (Å²) in [4.78, 5) is 0. The lowest BCUT2D eigenvalue weighted by molar-refractivity contribution is 0.267. The summed E-state index contributed by atoms with van der Waals surface area (Å²) in [7, 11) is 0. The molecule has 2 heteroatoms. The van der Waals surface area contributed by atoms with Crippen LogP contribution in [0.3, 0.4) is 0 Å². The van der Waals surface area contributed by atoms with Gasteiger partial charge >= 0.3 is 0 Å². The van der Waals surface area contributed by atoms with Gasteiger partial charge in [-0.3, -0.25) is 0 Å². The lowest BCUT2D eigenvalue weighted by Crippen LogP contribution is -2.20. The van der Waals surface area contributed by atoms with Crippen LogP contribution in [0, 0.1) is 11.8 Å². The summed E-state index contributed by atoms with van der Waals surface area (Å²) in [6, 6.07) is 2.21. The summed E-state index contributed by atoms with van der Waals surface area (Å²) in [6.45, 7) is 4.64. The van der Waals surface area contributed by atoms with Gasteiger partial charge in [0.2, 0.25) is 0 Å². The van der Waals surface area contributed by atoms with E-state index in [9.17, 15) is 0 Å². The molecule has 2 atom stereocenters. The highest BCUT2D eigenvalue weighted by Gasteiger charge is 2.17. The third kappa shape index (κ3) is 3.91. The van der Waals surface area contributed by atoms with E-state index in [1.165, 1.54) is 44.2 Å². The number of hydrogen-bond donors (Lipinski definition) is 1. The van der Waals surface area contributed by atoms with E-state index in [1.807, 2.05) is 0 Å². The van der Waals surface area contributed by atoms with Gasteiger partial charge in [-0.1, -0.05) is 26.2 Å². The van der Waals surface area contributed by atoms with Crippen LogP contribution >= 0.6 is 11.3 Å². The van der Waals surface area contributed by atoms with Crippen molar-refractivity contribution in [3.8, 4) is 0 Å². The van der Waals surface area contributed by atoms with E-state index in [2.05, 4.69) is 29.1 Å². The predicted octanol–water partition coefficient (Wildman–Crippen LogP) is 4.05.